The maximum Gasteiger partial charge on any atom is 0.416 e. The Bertz CT molecular complexity index is 906. The fourth-order valence-electron chi connectivity index (χ4n) is 4.30. The molecule has 2 bridgehead atoms. The van der Waals surface area contributed by atoms with Crippen molar-refractivity contribution in [3.63, 3.8) is 0 Å². The number of benzene rings is 1. The predicted molar refractivity (Wildman–Crippen MR) is 81.0 cm³/mol. The molecular formula is C17H13F6NO4. The third kappa shape index (κ3) is 2.42. The van der Waals surface area contributed by atoms with Crippen molar-refractivity contribution in [1.82, 2.24) is 4.57 Å². The largest absolute Gasteiger partial charge is 0.494 e. The summed E-state index contributed by atoms with van der Waals surface area (Å²) in [6, 6.07) is 0.679. The van der Waals surface area contributed by atoms with Crippen molar-refractivity contribution in [2.24, 2.45) is 0 Å². The van der Waals surface area contributed by atoms with Crippen LogP contribution in [0.4, 0.5) is 26.3 Å². The first-order valence-electron chi connectivity index (χ1n) is 8.15. The maximum absolute atomic E-state index is 13.1. The molecule has 28 heavy (non-hydrogen) atoms. The highest BCUT2D eigenvalue weighted by atomic mass is 19.4. The molecule has 0 radical (unpaired) electrons. The van der Waals surface area contributed by atoms with Crippen molar-refractivity contribution in [3.05, 3.63) is 40.5 Å². The van der Waals surface area contributed by atoms with Crippen molar-refractivity contribution >= 4 is 0 Å². The van der Waals surface area contributed by atoms with Gasteiger partial charge in [-0.2, -0.15) is 26.3 Å². The Balaban J connectivity index is 1.95. The lowest BCUT2D eigenvalue weighted by Gasteiger charge is -2.23. The van der Waals surface area contributed by atoms with Crippen molar-refractivity contribution in [2.45, 2.75) is 42.8 Å². The van der Waals surface area contributed by atoms with E-state index in [0.717, 1.165) is 0 Å². The average molecular weight is 409 g/mol. The Labute approximate surface area is 153 Å². The first kappa shape index (κ1) is 18.9. The SMILES string of the molecule is Oc1c2c(c(O)n1-c1cc(C(F)(F)F)cc(C(F)(F)F)c1)[C@@H]1CC[C@H]2C1(O)O. The van der Waals surface area contributed by atoms with Gasteiger partial charge < -0.3 is 20.4 Å². The number of aliphatic hydroxyl groups is 2. The van der Waals surface area contributed by atoms with Crippen LogP contribution in [0.1, 0.15) is 46.9 Å². The van der Waals surface area contributed by atoms with Crippen LogP contribution >= 0.6 is 0 Å². The average Bonchev–Trinajstić information content (AvgIpc) is 3.09. The molecule has 1 saturated carbocycles. The summed E-state index contributed by atoms with van der Waals surface area (Å²) in [5.41, 5.74) is -4.11. The summed E-state index contributed by atoms with van der Waals surface area (Å²) < 4.78 is 79.0. The van der Waals surface area contributed by atoms with Gasteiger partial charge in [0, 0.05) is 23.0 Å². The Morgan fingerprint density at radius 3 is 1.54 bits per heavy atom. The molecule has 2 atom stereocenters. The monoisotopic (exact) mass is 409 g/mol. The quantitative estimate of drug-likeness (QED) is 0.429. The second kappa shape index (κ2) is 5.35. The van der Waals surface area contributed by atoms with Gasteiger partial charge in [-0.1, -0.05) is 0 Å². The van der Waals surface area contributed by atoms with E-state index in [1.807, 2.05) is 0 Å². The van der Waals surface area contributed by atoms with Gasteiger partial charge >= 0.3 is 12.4 Å². The maximum atomic E-state index is 13.1. The van der Waals surface area contributed by atoms with E-state index in [1.165, 1.54) is 0 Å². The van der Waals surface area contributed by atoms with E-state index in [-0.39, 0.29) is 30.0 Å². The minimum Gasteiger partial charge on any atom is -0.494 e. The van der Waals surface area contributed by atoms with Gasteiger partial charge in [0.25, 0.3) is 0 Å². The summed E-state index contributed by atoms with van der Waals surface area (Å²) in [6.45, 7) is 0. The number of aromatic nitrogens is 1. The molecule has 0 saturated heterocycles. The smallest absolute Gasteiger partial charge is 0.416 e. The molecule has 4 rings (SSSR count). The molecule has 1 fully saturated rings. The van der Waals surface area contributed by atoms with E-state index in [9.17, 15) is 46.8 Å². The zero-order valence-electron chi connectivity index (χ0n) is 13.8. The minimum atomic E-state index is -5.10. The Hall–Kier alpha value is -2.40. The van der Waals surface area contributed by atoms with Crippen LogP contribution in [-0.4, -0.2) is 30.8 Å². The van der Waals surface area contributed by atoms with Crippen molar-refractivity contribution in [2.75, 3.05) is 0 Å². The second-order valence-corrected chi connectivity index (χ2v) is 7.04. The second-order valence-electron chi connectivity index (χ2n) is 7.04. The van der Waals surface area contributed by atoms with Gasteiger partial charge in [-0.3, -0.25) is 4.57 Å². The van der Waals surface area contributed by atoms with Gasteiger partial charge in [-0.15, -0.1) is 0 Å². The van der Waals surface area contributed by atoms with Crippen molar-refractivity contribution < 1.29 is 46.8 Å². The van der Waals surface area contributed by atoms with E-state index in [1.54, 1.807) is 0 Å². The number of fused-ring (bicyclic) bond motifs is 5. The molecular weight excluding hydrogens is 396 g/mol. The molecule has 0 unspecified atom stereocenters. The summed E-state index contributed by atoms with van der Waals surface area (Å²) in [7, 11) is 0. The van der Waals surface area contributed by atoms with Crippen LogP contribution in [-0.2, 0) is 12.4 Å². The lowest BCUT2D eigenvalue weighted by atomic mass is 9.95. The molecule has 1 aromatic heterocycles. The molecule has 2 aromatic rings. The summed E-state index contributed by atoms with van der Waals surface area (Å²) >= 11 is 0. The normalized spacial score (nSPS) is 23.3. The lowest BCUT2D eigenvalue weighted by molar-refractivity contribution is -0.170. The summed E-state index contributed by atoms with van der Waals surface area (Å²) in [5.74, 6) is -5.90. The molecule has 2 aliphatic carbocycles. The zero-order chi connectivity index (χ0) is 20.8. The number of hydrogen-bond acceptors (Lipinski definition) is 4. The third-order valence-corrected chi connectivity index (χ3v) is 5.49. The van der Waals surface area contributed by atoms with Crippen LogP contribution in [0, 0.1) is 0 Å². The molecule has 2 aliphatic rings. The van der Waals surface area contributed by atoms with Crippen molar-refractivity contribution in [1.29, 1.82) is 0 Å². The summed E-state index contributed by atoms with van der Waals surface area (Å²) in [4.78, 5) is 0. The fourth-order valence-corrected chi connectivity index (χ4v) is 4.30. The molecule has 4 N–H and O–H groups in total. The number of nitrogens with zero attached hydrogens (tertiary/aromatic N) is 1. The first-order chi connectivity index (χ1) is 12.7. The number of alkyl halides is 6. The summed E-state index contributed by atoms with van der Waals surface area (Å²) in [6.07, 6.45) is -9.72. The number of aromatic hydroxyl groups is 2. The van der Waals surface area contributed by atoms with Gasteiger partial charge in [0.2, 0.25) is 11.8 Å². The van der Waals surface area contributed by atoms with Crippen LogP contribution in [0.15, 0.2) is 18.2 Å². The van der Waals surface area contributed by atoms with Crippen molar-refractivity contribution in [3.8, 4) is 17.4 Å². The van der Waals surface area contributed by atoms with Gasteiger partial charge in [-0.05, 0) is 31.0 Å². The van der Waals surface area contributed by atoms with E-state index in [0.29, 0.717) is 16.7 Å². The Morgan fingerprint density at radius 2 is 1.18 bits per heavy atom. The molecule has 152 valence electrons. The van der Waals surface area contributed by atoms with E-state index < -0.39 is 58.5 Å². The predicted octanol–water partition coefficient (Wildman–Crippen LogP) is 3.58. The molecule has 1 aromatic carbocycles. The number of hydrogen-bond donors (Lipinski definition) is 4. The van der Waals surface area contributed by atoms with Gasteiger partial charge in [-0.25, -0.2) is 0 Å². The third-order valence-electron chi connectivity index (χ3n) is 5.49. The fraction of sp³-hybridized carbons (Fsp3) is 0.412. The van der Waals surface area contributed by atoms with Gasteiger partial charge in [0.05, 0.1) is 16.8 Å². The lowest BCUT2D eigenvalue weighted by Crippen LogP contribution is -2.31. The minimum absolute atomic E-state index is 0.0645. The molecule has 11 heteroatoms. The Morgan fingerprint density at radius 1 is 0.786 bits per heavy atom. The van der Waals surface area contributed by atoms with E-state index in [4.69, 9.17) is 0 Å². The number of rotatable bonds is 1. The first-order valence-corrected chi connectivity index (χ1v) is 8.15. The topological polar surface area (TPSA) is 85.9 Å². The molecule has 0 spiro atoms. The van der Waals surface area contributed by atoms with Gasteiger partial charge in [0.15, 0.2) is 5.79 Å². The van der Waals surface area contributed by atoms with Crippen LogP contribution in [0.3, 0.4) is 0 Å². The standard InChI is InChI=1S/C17H13F6NO4/c18-16(19,20)6-3-7(17(21,22)23)5-8(4-6)24-13(25)11-9-1-2-10(15(9,27)28)12(11)14(24)26/h3-5,9-10,25-28H,1-2H2/t9-,10+. The molecule has 0 aliphatic heterocycles. The van der Waals surface area contributed by atoms with Gasteiger partial charge in [0.1, 0.15) is 0 Å². The van der Waals surface area contributed by atoms with Crippen LogP contribution in [0.2, 0.25) is 0 Å². The highest BCUT2D eigenvalue weighted by molar-refractivity contribution is 5.62. The zero-order valence-corrected chi connectivity index (χ0v) is 13.8. The van der Waals surface area contributed by atoms with E-state index in [2.05, 4.69) is 0 Å². The molecule has 0 amide bonds. The van der Waals surface area contributed by atoms with Crippen LogP contribution in [0.25, 0.3) is 5.69 Å². The van der Waals surface area contributed by atoms with Crippen LogP contribution < -0.4 is 0 Å². The highest BCUT2D eigenvalue weighted by Crippen LogP contribution is 2.64. The molecule has 5 nitrogen and oxygen atoms in total. The van der Waals surface area contributed by atoms with E-state index >= 15 is 0 Å². The molecule has 1 heterocycles. The Kier molecular flexibility index (Phi) is 3.62. The van der Waals surface area contributed by atoms with Crippen LogP contribution in [0.5, 0.6) is 11.8 Å². The summed E-state index contributed by atoms with van der Waals surface area (Å²) in [5, 5.41) is 41.2. The number of halogens is 6. The highest BCUT2D eigenvalue weighted by Gasteiger charge is 2.60.